The molecule has 5 nitrogen and oxygen atoms in total. The summed E-state index contributed by atoms with van der Waals surface area (Å²) in [5, 5.41) is 21.1. The number of hydrogen-bond acceptors (Lipinski definition) is 5. The summed E-state index contributed by atoms with van der Waals surface area (Å²) in [6, 6.07) is 18.7. The van der Waals surface area contributed by atoms with Crippen molar-refractivity contribution in [2.45, 2.75) is 30.3 Å². The summed E-state index contributed by atoms with van der Waals surface area (Å²) in [6.45, 7) is 0.174. The molecule has 24 heavy (non-hydrogen) atoms. The normalized spacial score (nSPS) is 12.0. The lowest BCUT2D eigenvalue weighted by molar-refractivity contribution is -0.0497. The molecule has 0 aliphatic carbocycles. The standard InChI is InChI=1S/C18H21NO4S/c20-17(21)11-15(13-24-16-9-5-2-6-10-16)19-18(22)23-12-14-7-3-1-4-8-14/h1-10,15,17,20-21H,11-13H2,(H,19,22). The van der Waals surface area contributed by atoms with Gasteiger partial charge in [-0.3, -0.25) is 0 Å². The third-order valence-electron chi connectivity index (χ3n) is 3.22. The van der Waals surface area contributed by atoms with E-state index in [9.17, 15) is 15.0 Å². The van der Waals surface area contributed by atoms with Crippen LogP contribution in [0.4, 0.5) is 4.79 Å². The van der Waals surface area contributed by atoms with Crippen molar-refractivity contribution in [1.29, 1.82) is 0 Å². The van der Waals surface area contributed by atoms with E-state index in [-0.39, 0.29) is 13.0 Å². The van der Waals surface area contributed by atoms with Crippen LogP contribution in [0, 0.1) is 0 Å². The zero-order valence-corrected chi connectivity index (χ0v) is 14.0. The lowest BCUT2D eigenvalue weighted by atomic mass is 10.2. The molecule has 0 saturated heterocycles. The molecule has 1 unspecified atom stereocenters. The number of benzene rings is 2. The Bertz CT molecular complexity index is 607. The van der Waals surface area contributed by atoms with E-state index < -0.39 is 18.4 Å². The maximum absolute atomic E-state index is 11.9. The smallest absolute Gasteiger partial charge is 0.407 e. The first-order valence-corrected chi connectivity index (χ1v) is 8.63. The number of carbonyl (C=O) groups is 1. The second kappa shape index (κ2) is 9.97. The van der Waals surface area contributed by atoms with Gasteiger partial charge in [-0.15, -0.1) is 11.8 Å². The Morgan fingerprint density at radius 3 is 2.29 bits per heavy atom. The van der Waals surface area contributed by atoms with Gasteiger partial charge in [-0.05, 0) is 17.7 Å². The molecule has 2 rings (SSSR count). The van der Waals surface area contributed by atoms with Gasteiger partial charge in [-0.2, -0.15) is 0 Å². The summed E-state index contributed by atoms with van der Waals surface area (Å²) in [4.78, 5) is 13.0. The van der Waals surface area contributed by atoms with E-state index in [2.05, 4.69) is 5.32 Å². The van der Waals surface area contributed by atoms with Crippen LogP contribution in [0.25, 0.3) is 0 Å². The van der Waals surface area contributed by atoms with Gasteiger partial charge in [0.1, 0.15) is 6.61 Å². The average Bonchev–Trinajstić information content (AvgIpc) is 2.59. The van der Waals surface area contributed by atoms with Gasteiger partial charge >= 0.3 is 6.09 Å². The van der Waals surface area contributed by atoms with Gasteiger partial charge in [0.05, 0.1) is 0 Å². The molecule has 0 saturated carbocycles. The van der Waals surface area contributed by atoms with Crippen molar-refractivity contribution in [1.82, 2.24) is 5.32 Å². The molecule has 0 aliphatic heterocycles. The molecular formula is C18H21NO4S. The van der Waals surface area contributed by atoms with Crippen LogP contribution in [-0.2, 0) is 11.3 Å². The summed E-state index contributed by atoms with van der Waals surface area (Å²) >= 11 is 1.53. The first-order valence-electron chi connectivity index (χ1n) is 7.64. The fourth-order valence-corrected chi connectivity index (χ4v) is 3.03. The van der Waals surface area contributed by atoms with Crippen LogP contribution in [0.2, 0.25) is 0 Å². The summed E-state index contributed by atoms with van der Waals surface area (Å²) in [5.74, 6) is 0.516. The molecule has 1 amide bonds. The minimum absolute atomic E-state index is 0.0419. The number of hydrogen-bond donors (Lipinski definition) is 3. The minimum atomic E-state index is -1.49. The molecule has 128 valence electrons. The molecule has 2 aromatic rings. The zero-order valence-electron chi connectivity index (χ0n) is 13.2. The zero-order chi connectivity index (χ0) is 17.2. The maximum Gasteiger partial charge on any atom is 0.407 e. The van der Waals surface area contributed by atoms with Gasteiger partial charge in [-0.25, -0.2) is 4.79 Å². The number of amides is 1. The third kappa shape index (κ3) is 7.04. The summed E-state index contributed by atoms with van der Waals surface area (Å²) in [5.41, 5.74) is 0.894. The van der Waals surface area contributed by atoms with Gasteiger partial charge in [0.15, 0.2) is 6.29 Å². The maximum atomic E-state index is 11.9. The largest absolute Gasteiger partial charge is 0.445 e. The van der Waals surface area contributed by atoms with Crippen molar-refractivity contribution < 1.29 is 19.7 Å². The van der Waals surface area contributed by atoms with Gasteiger partial charge in [0.2, 0.25) is 0 Å². The molecule has 0 spiro atoms. The van der Waals surface area contributed by atoms with E-state index in [0.717, 1.165) is 10.5 Å². The number of thioether (sulfide) groups is 1. The summed E-state index contributed by atoms with van der Waals surface area (Å²) in [7, 11) is 0. The number of aliphatic hydroxyl groups excluding tert-OH is 1. The Labute approximate surface area is 145 Å². The quantitative estimate of drug-likeness (QED) is 0.505. The summed E-state index contributed by atoms with van der Waals surface area (Å²) in [6.07, 6.45) is -2.01. The topological polar surface area (TPSA) is 78.8 Å². The fraction of sp³-hybridized carbons (Fsp3) is 0.278. The molecule has 0 radical (unpaired) electrons. The highest BCUT2D eigenvalue weighted by Crippen LogP contribution is 2.19. The van der Waals surface area contributed by atoms with Gasteiger partial charge in [-0.1, -0.05) is 48.5 Å². The van der Waals surface area contributed by atoms with Crippen LogP contribution in [0.5, 0.6) is 0 Å². The Hall–Kier alpha value is -2.02. The van der Waals surface area contributed by atoms with Crippen molar-refractivity contribution in [3.8, 4) is 0 Å². The molecule has 3 N–H and O–H groups in total. The predicted octanol–water partition coefficient (Wildman–Crippen LogP) is 2.77. The molecule has 6 heteroatoms. The predicted molar refractivity (Wildman–Crippen MR) is 93.6 cm³/mol. The Morgan fingerprint density at radius 2 is 1.67 bits per heavy atom. The van der Waals surface area contributed by atoms with Crippen LogP contribution in [0.3, 0.4) is 0 Å². The number of rotatable bonds is 8. The first-order chi connectivity index (χ1) is 11.6. The third-order valence-corrected chi connectivity index (χ3v) is 4.40. The molecule has 0 aliphatic rings. The van der Waals surface area contributed by atoms with Gasteiger partial charge in [0.25, 0.3) is 0 Å². The van der Waals surface area contributed by atoms with Crippen LogP contribution in [0.1, 0.15) is 12.0 Å². The molecule has 1 atom stereocenters. The number of ether oxygens (including phenoxy) is 1. The van der Waals surface area contributed by atoms with E-state index in [1.807, 2.05) is 60.7 Å². The van der Waals surface area contributed by atoms with E-state index in [4.69, 9.17) is 4.74 Å². The Balaban J connectivity index is 1.82. The second-order valence-corrected chi connectivity index (χ2v) is 6.34. The molecule has 0 bridgehead atoms. The second-order valence-electron chi connectivity index (χ2n) is 5.24. The molecular weight excluding hydrogens is 326 g/mol. The van der Waals surface area contributed by atoms with Crippen LogP contribution < -0.4 is 5.32 Å². The fourth-order valence-electron chi connectivity index (χ4n) is 2.07. The number of carbonyl (C=O) groups excluding carboxylic acids is 1. The lowest BCUT2D eigenvalue weighted by Crippen LogP contribution is -2.39. The monoisotopic (exact) mass is 347 g/mol. The van der Waals surface area contributed by atoms with E-state index in [1.54, 1.807) is 0 Å². The van der Waals surface area contributed by atoms with E-state index in [1.165, 1.54) is 11.8 Å². The lowest BCUT2D eigenvalue weighted by Gasteiger charge is -2.19. The average molecular weight is 347 g/mol. The molecule has 2 aromatic carbocycles. The molecule has 0 fully saturated rings. The molecule has 0 aromatic heterocycles. The Kier molecular flexibility index (Phi) is 7.61. The highest BCUT2D eigenvalue weighted by atomic mass is 32.2. The minimum Gasteiger partial charge on any atom is -0.445 e. The van der Waals surface area contributed by atoms with Crippen molar-refractivity contribution in [2.75, 3.05) is 5.75 Å². The SMILES string of the molecule is O=C(NC(CSc1ccccc1)CC(O)O)OCc1ccccc1. The number of alkyl carbamates (subject to hydrolysis) is 1. The number of nitrogens with one attached hydrogen (secondary N) is 1. The van der Waals surface area contributed by atoms with Crippen molar-refractivity contribution in [3.05, 3.63) is 66.2 Å². The highest BCUT2D eigenvalue weighted by Gasteiger charge is 2.17. The van der Waals surface area contributed by atoms with Crippen LogP contribution >= 0.6 is 11.8 Å². The summed E-state index contributed by atoms with van der Waals surface area (Å²) < 4.78 is 5.17. The van der Waals surface area contributed by atoms with E-state index >= 15 is 0 Å². The number of aliphatic hydroxyl groups is 2. The van der Waals surface area contributed by atoms with Gasteiger partial charge in [0, 0.05) is 23.1 Å². The highest BCUT2D eigenvalue weighted by molar-refractivity contribution is 7.99. The van der Waals surface area contributed by atoms with Crippen LogP contribution in [0.15, 0.2) is 65.6 Å². The van der Waals surface area contributed by atoms with E-state index in [0.29, 0.717) is 5.75 Å². The first kappa shape index (κ1) is 18.3. The van der Waals surface area contributed by atoms with Crippen molar-refractivity contribution in [3.63, 3.8) is 0 Å². The van der Waals surface area contributed by atoms with Crippen molar-refractivity contribution in [2.24, 2.45) is 0 Å². The van der Waals surface area contributed by atoms with Crippen LogP contribution in [-0.4, -0.2) is 34.4 Å². The van der Waals surface area contributed by atoms with Gasteiger partial charge < -0.3 is 20.3 Å². The Morgan fingerprint density at radius 1 is 1.04 bits per heavy atom. The molecule has 0 heterocycles. The van der Waals surface area contributed by atoms with Crippen molar-refractivity contribution >= 4 is 17.9 Å².